The number of methoxy groups -OCH3 is 1. The van der Waals surface area contributed by atoms with Crippen LogP contribution in [0.1, 0.15) is 15.9 Å². The monoisotopic (exact) mass is 443 g/mol. The largest absolute Gasteiger partial charge is 0.497 e. The number of nitriles is 1. The van der Waals surface area contributed by atoms with Crippen LogP contribution in [0.5, 0.6) is 11.5 Å². The molecule has 0 atom stereocenters. The molecule has 0 saturated carbocycles. The van der Waals surface area contributed by atoms with Gasteiger partial charge in [0.05, 0.1) is 17.6 Å². The van der Waals surface area contributed by atoms with E-state index in [1.807, 2.05) is 6.07 Å². The molecule has 0 aliphatic rings. The number of nitrogens with one attached hydrogen (secondary N) is 1. The number of carbonyl (C=O) groups is 2. The molecule has 0 unspecified atom stereocenters. The van der Waals surface area contributed by atoms with E-state index in [2.05, 4.69) is 5.32 Å². The first kappa shape index (κ1) is 22.7. The van der Waals surface area contributed by atoms with Gasteiger partial charge in [0, 0.05) is 17.8 Å². The van der Waals surface area contributed by atoms with E-state index in [9.17, 15) is 25.0 Å². The summed E-state index contributed by atoms with van der Waals surface area (Å²) in [4.78, 5) is 34.8. The van der Waals surface area contributed by atoms with Crippen LogP contribution in [0.4, 0.5) is 11.4 Å². The SMILES string of the molecule is COc1ccc(C(=O)Oc2ccc(C=C(C#N)C(=O)Nc3ccc([N+](=O)[O-])cc3)cc2)cc1. The van der Waals surface area contributed by atoms with Gasteiger partial charge in [0.15, 0.2) is 0 Å². The molecule has 164 valence electrons. The van der Waals surface area contributed by atoms with Crippen molar-refractivity contribution < 1.29 is 24.0 Å². The zero-order chi connectivity index (χ0) is 23.8. The van der Waals surface area contributed by atoms with Crippen LogP contribution < -0.4 is 14.8 Å². The maximum Gasteiger partial charge on any atom is 0.343 e. The van der Waals surface area contributed by atoms with Crippen molar-refractivity contribution in [3.05, 3.63) is 99.6 Å². The number of nitro benzene ring substituents is 1. The zero-order valence-electron chi connectivity index (χ0n) is 17.3. The molecule has 9 nitrogen and oxygen atoms in total. The second-order valence-electron chi connectivity index (χ2n) is 6.61. The van der Waals surface area contributed by atoms with E-state index in [1.165, 1.54) is 49.6 Å². The van der Waals surface area contributed by atoms with Crippen LogP contribution in [0.15, 0.2) is 78.4 Å². The smallest absolute Gasteiger partial charge is 0.343 e. The van der Waals surface area contributed by atoms with Crippen LogP contribution in [0.25, 0.3) is 6.08 Å². The van der Waals surface area contributed by atoms with E-state index in [0.717, 1.165) is 0 Å². The number of anilines is 1. The first-order valence-corrected chi connectivity index (χ1v) is 9.53. The number of hydrogen-bond acceptors (Lipinski definition) is 7. The van der Waals surface area contributed by atoms with Gasteiger partial charge >= 0.3 is 5.97 Å². The Kier molecular flexibility index (Phi) is 7.13. The third-order valence-corrected chi connectivity index (χ3v) is 4.43. The van der Waals surface area contributed by atoms with E-state index < -0.39 is 16.8 Å². The Balaban J connectivity index is 1.66. The van der Waals surface area contributed by atoms with Crippen LogP contribution >= 0.6 is 0 Å². The summed E-state index contributed by atoms with van der Waals surface area (Å²) in [5, 5.41) is 22.6. The first-order chi connectivity index (χ1) is 15.9. The Morgan fingerprint density at radius 2 is 1.58 bits per heavy atom. The molecule has 0 heterocycles. The highest BCUT2D eigenvalue weighted by atomic mass is 16.6. The summed E-state index contributed by atoms with van der Waals surface area (Å²) < 4.78 is 10.4. The van der Waals surface area contributed by atoms with Gasteiger partial charge < -0.3 is 14.8 Å². The van der Waals surface area contributed by atoms with Crippen molar-refractivity contribution in [1.82, 2.24) is 0 Å². The number of esters is 1. The second-order valence-corrected chi connectivity index (χ2v) is 6.61. The Labute approximate surface area is 188 Å². The maximum absolute atomic E-state index is 12.4. The minimum Gasteiger partial charge on any atom is -0.497 e. The molecular weight excluding hydrogens is 426 g/mol. The van der Waals surface area contributed by atoms with Crippen LogP contribution in [-0.4, -0.2) is 23.9 Å². The lowest BCUT2D eigenvalue weighted by molar-refractivity contribution is -0.384. The highest BCUT2D eigenvalue weighted by Crippen LogP contribution is 2.19. The summed E-state index contributed by atoms with van der Waals surface area (Å²) in [7, 11) is 1.53. The van der Waals surface area contributed by atoms with Crippen LogP contribution in [-0.2, 0) is 4.79 Å². The minimum absolute atomic E-state index is 0.114. The molecule has 0 radical (unpaired) electrons. The molecule has 3 aromatic carbocycles. The molecule has 0 aliphatic heterocycles. The fourth-order valence-electron chi connectivity index (χ4n) is 2.71. The topological polar surface area (TPSA) is 132 Å². The molecule has 9 heteroatoms. The fraction of sp³-hybridized carbons (Fsp3) is 0.0417. The lowest BCUT2D eigenvalue weighted by Gasteiger charge is -2.06. The van der Waals surface area contributed by atoms with Gasteiger partial charge in [-0.25, -0.2) is 4.79 Å². The summed E-state index contributed by atoms with van der Waals surface area (Å²) >= 11 is 0. The van der Waals surface area contributed by atoms with Crippen LogP contribution in [0, 0.1) is 21.4 Å². The molecule has 0 spiro atoms. The zero-order valence-corrected chi connectivity index (χ0v) is 17.3. The standard InChI is InChI=1S/C24H17N3O6/c1-32-21-12-4-17(5-13-21)24(29)33-22-10-2-16(3-11-22)14-18(15-25)23(28)26-19-6-8-20(9-7-19)27(30)31/h2-14H,1H3,(H,26,28). The summed E-state index contributed by atoms with van der Waals surface area (Å²) in [6.07, 6.45) is 1.37. The quantitative estimate of drug-likeness (QED) is 0.143. The van der Waals surface area contributed by atoms with E-state index in [-0.39, 0.29) is 11.3 Å². The van der Waals surface area contributed by atoms with E-state index in [1.54, 1.807) is 36.4 Å². The Morgan fingerprint density at radius 1 is 0.970 bits per heavy atom. The van der Waals surface area contributed by atoms with E-state index >= 15 is 0 Å². The Morgan fingerprint density at radius 3 is 2.12 bits per heavy atom. The lowest BCUT2D eigenvalue weighted by Crippen LogP contribution is -2.13. The Bertz CT molecular complexity index is 1240. The molecule has 0 saturated heterocycles. The summed E-state index contributed by atoms with van der Waals surface area (Å²) in [5.74, 6) is -0.294. The lowest BCUT2D eigenvalue weighted by atomic mass is 10.1. The number of nitro groups is 1. The predicted octanol–water partition coefficient (Wildman–Crippen LogP) is 4.37. The summed E-state index contributed by atoms with van der Waals surface area (Å²) in [6, 6.07) is 19.8. The van der Waals surface area contributed by atoms with Gasteiger partial charge in [-0.3, -0.25) is 14.9 Å². The molecular formula is C24H17N3O6. The maximum atomic E-state index is 12.4. The summed E-state index contributed by atoms with van der Waals surface area (Å²) in [6.45, 7) is 0. The second kappa shape index (κ2) is 10.4. The average molecular weight is 443 g/mol. The molecule has 3 aromatic rings. The van der Waals surface area contributed by atoms with Gasteiger partial charge in [0.2, 0.25) is 0 Å². The molecule has 3 rings (SSSR count). The molecule has 1 amide bonds. The van der Waals surface area contributed by atoms with Crippen LogP contribution in [0.2, 0.25) is 0 Å². The molecule has 0 bridgehead atoms. The minimum atomic E-state index is -0.665. The number of ether oxygens (including phenoxy) is 2. The van der Waals surface area contributed by atoms with Gasteiger partial charge in [-0.05, 0) is 60.2 Å². The van der Waals surface area contributed by atoms with Gasteiger partial charge in [-0.1, -0.05) is 12.1 Å². The van der Waals surface area contributed by atoms with Crippen molar-refractivity contribution >= 4 is 29.3 Å². The predicted molar refractivity (Wildman–Crippen MR) is 120 cm³/mol. The van der Waals surface area contributed by atoms with Crippen molar-refractivity contribution in [1.29, 1.82) is 5.26 Å². The number of nitrogens with zero attached hydrogens (tertiary/aromatic N) is 2. The van der Waals surface area contributed by atoms with E-state index in [0.29, 0.717) is 28.3 Å². The van der Waals surface area contributed by atoms with Crippen LogP contribution in [0.3, 0.4) is 0 Å². The van der Waals surface area contributed by atoms with Crippen molar-refractivity contribution in [3.8, 4) is 17.6 Å². The third kappa shape index (κ3) is 6.02. The fourth-order valence-corrected chi connectivity index (χ4v) is 2.71. The molecule has 0 fully saturated rings. The molecule has 1 N–H and O–H groups in total. The Hall–Kier alpha value is -4.97. The van der Waals surface area contributed by atoms with Crippen molar-refractivity contribution in [2.45, 2.75) is 0 Å². The van der Waals surface area contributed by atoms with E-state index in [4.69, 9.17) is 9.47 Å². The molecule has 0 aliphatic carbocycles. The number of benzene rings is 3. The highest BCUT2D eigenvalue weighted by Gasteiger charge is 2.12. The number of hydrogen-bond donors (Lipinski definition) is 1. The van der Waals surface area contributed by atoms with Gasteiger partial charge in [-0.2, -0.15) is 5.26 Å². The van der Waals surface area contributed by atoms with Gasteiger partial charge in [0.25, 0.3) is 11.6 Å². The average Bonchev–Trinajstić information content (AvgIpc) is 2.83. The summed E-state index contributed by atoms with van der Waals surface area (Å²) in [5.41, 5.74) is 0.921. The van der Waals surface area contributed by atoms with Crippen molar-refractivity contribution in [2.24, 2.45) is 0 Å². The number of amides is 1. The van der Waals surface area contributed by atoms with Gasteiger partial charge in [-0.15, -0.1) is 0 Å². The number of rotatable bonds is 7. The molecule has 33 heavy (non-hydrogen) atoms. The number of carbonyl (C=O) groups excluding carboxylic acids is 2. The van der Waals surface area contributed by atoms with Gasteiger partial charge in [0.1, 0.15) is 23.1 Å². The molecule has 0 aromatic heterocycles. The number of non-ortho nitro benzene ring substituents is 1. The van der Waals surface area contributed by atoms with Crippen molar-refractivity contribution in [2.75, 3.05) is 12.4 Å². The van der Waals surface area contributed by atoms with Crippen molar-refractivity contribution in [3.63, 3.8) is 0 Å². The normalized spacial score (nSPS) is 10.6. The third-order valence-electron chi connectivity index (χ3n) is 4.43. The highest BCUT2D eigenvalue weighted by molar-refractivity contribution is 6.09. The first-order valence-electron chi connectivity index (χ1n) is 9.53.